The van der Waals surface area contributed by atoms with E-state index in [9.17, 15) is 0 Å². The summed E-state index contributed by atoms with van der Waals surface area (Å²) in [4.78, 5) is 15.4. The molecule has 0 atom stereocenters. The fraction of sp³-hybridized carbons (Fsp3) is 0.727. The van der Waals surface area contributed by atoms with Crippen LogP contribution in [0.3, 0.4) is 0 Å². The zero-order chi connectivity index (χ0) is 12.7. The van der Waals surface area contributed by atoms with Gasteiger partial charge in [-0.1, -0.05) is 18.7 Å². The first-order chi connectivity index (χ1) is 8.24. The molecule has 0 aromatic carbocycles. The highest BCUT2D eigenvalue weighted by atomic mass is 32.2. The second kappa shape index (κ2) is 7.32. The van der Waals surface area contributed by atoms with E-state index < -0.39 is 0 Å². The fourth-order valence-electron chi connectivity index (χ4n) is 1.42. The van der Waals surface area contributed by atoms with Crippen LogP contribution in [0.5, 0.6) is 0 Å². The van der Waals surface area contributed by atoms with Crippen molar-refractivity contribution in [2.45, 2.75) is 32.9 Å². The monoisotopic (exact) mass is 255 g/mol. The minimum atomic E-state index is 0.667. The Labute approximate surface area is 107 Å². The molecule has 0 fully saturated rings. The summed E-state index contributed by atoms with van der Waals surface area (Å²) in [5.41, 5.74) is 0. The van der Waals surface area contributed by atoms with Crippen molar-refractivity contribution < 1.29 is 0 Å². The van der Waals surface area contributed by atoms with Crippen molar-refractivity contribution in [1.82, 2.24) is 15.0 Å². The lowest BCUT2D eigenvalue weighted by atomic mass is 10.5. The minimum absolute atomic E-state index is 0.667. The molecule has 0 radical (unpaired) electrons. The number of nitrogens with one attached hydrogen (secondary N) is 1. The molecule has 1 aromatic heterocycles. The Bertz CT molecular complexity index is 316. The first-order valence-corrected chi connectivity index (χ1v) is 7.11. The normalized spacial score (nSPS) is 10.4. The first-order valence-electron chi connectivity index (χ1n) is 6.12. The van der Waals surface area contributed by atoms with Crippen LogP contribution in [-0.2, 0) is 0 Å². The maximum atomic E-state index is 4.47. The average Bonchev–Trinajstić information content (AvgIpc) is 2.31. The molecular weight excluding hydrogens is 234 g/mol. The zero-order valence-corrected chi connectivity index (χ0v) is 11.8. The Morgan fingerprint density at radius 1 is 1.06 bits per heavy atom. The number of anilines is 2. The standard InChI is InChI=1S/C11H21N5S/c1-5-12-9-13-10(16(6-2)7-3)15-11(14-9)17-8-4/h5-8H2,1-4H3,(H,12,13,14,15). The van der Waals surface area contributed by atoms with Gasteiger partial charge >= 0.3 is 0 Å². The van der Waals surface area contributed by atoms with Crippen LogP contribution in [0.15, 0.2) is 5.16 Å². The number of nitrogens with zero attached hydrogens (tertiary/aromatic N) is 4. The lowest BCUT2D eigenvalue weighted by Gasteiger charge is -2.19. The quantitative estimate of drug-likeness (QED) is 0.754. The Kier molecular flexibility index (Phi) is 6.04. The van der Waals surface area contributed by atoms with Crippen molar-refractivity contribution >= 4 is 23.7 Å². The van der Waals surface area contributed by atoms with Crippen LogP contribution in [-0.4, -0.2) is 40.3 Å². The molecule has 1 rings (SSSR count). The topological polar surface area (TPSA) is 53.9 Å². The van der Waals surface area contributed by atoms with Crippen LogP contribution in [0.4, 0.5) is 11.9 Å². The van der Waals surface area contributed by atoms with Crippen molar-refractivity contribution in [2.75, 3.05) is 35.6 Å². The van der Waals surface area contributed by atoms with Gasteiger partial charge in [0.05, 0.1) is 0 Å². The minimum Gasteiger partial charge on any atom is -0.354 e. The summed E-state index contributed by atoms with van der Waals surface area (Å²) in [5, 5.41) is 3.94. The summed E-state index contributed by atoms with van der Waals surface area (Å²) in [5.74, 6) is 2.39. The Hall–Kier alpha value is -1.04. The van der Waals surface area contributed by atoms with Gasteiger partial charge in [0.25, 0.3) is 0 Å². The molecule has 96 valence electrons. The maximum absolute atomic E-state index is 4.47. The van der Waals surface area contributed by atoms with E-state index in [2.05, 4.69) is 45.9 Å². The Morgan fingerprint density at radius 3 is 2.29 bits per heavy atom. The SMILES string of the molecule is CCNc1nc(SCC)nc(N(CC)CC)n1. The van der Waals surface area contributed by atoms with Crippen LogP contribution >= 0.6 is 11.8 Å². The highest BCUT2D eigenvalue weighted by molar-refractivity contribution is 7.99. The van der Waals surface area contributed by atoms with Crippen LogP contribution in [0.25, 0.3) is 0 Å². The average molecular weight is 255 g/mol. The highest BCUT2D eigenvalue weighted by Crippen LogP contribution is 2.18. The van der Waals surface area contributed by atoms with Gasteiger partial charge < -0.3 is 10.2 Å². The zero-order valence-electron chi connectivity index (χ0n) is 11.0. The summed E-state index contributed by atoms with van der Waals surface area (Å²) in [6, 6.07) is 0. The molecule has 1 N–H and O–H groups in total. The number of hydrogen-bond donors (Lipinski definition) is 1. The summed E-state index contributed by atoms with van der Waals surface area (Å²) in [6.45, 7) is 11.0. The summed E-state index contributed by atoms with van der Waals surface area (Å²) < 4.78 is 0. The molecule has 0 aliphatic rings. The van der Waals surface area contributed by atoms with E-state index in [1.807, 2.05) is 6.92 Å². The van der Waals surface area contributed by atoms with Crippen molar-refractivity contribution in [1.29, 1.82) is 0 Å². The number of aromatic nitrogens is 3. The van der Waals surface area contributed by atoms with Gasteiger partial charge in [-0.25, -0.2) is 0 Å². The third-order valence-corrected chi connectivity index (χ3v) is 2.99. The second-order valence-electron chi connectivity index (χ2n) is 3.38. The lowest BCUT2D eigenvalue weighted by Crippen LogP contribution is -2.25. The van der Waals surface area contributed by atoms with Crippen LogP contribution in [0.1, 0.15) is 27.7 Å². The third kappa shape index (κ3) is 4.03. The van der Waals surface area contributed by atoms with E-state index in [-0.39, 0.29) is 0 Å². The summed E-state index contributed by atoms with van der Waals surface area (Å²) >= 11 is 1.64. The van der Waals surface area contributed by atoms with Crippen molar-refractivity contribution in [2.24, 2.45) is 0 Å². The molecule has 0 bridgehead atoms. The molecule has 0 spiro atoms. The maximum Gasteiger partial charge on any atom is 0.231 e. The molecule has 0 amide bonds. The van der Waals surface area contributed by atoms with E-state index in [0.717, 1.165) is 36.5 Å². The molecule has 5 nitrogen and oxygen atoms in total. The number of hydrogen-bond acceptors (Lipinski definition) is 6. The molecular formula is C11H21N5S. The van der Waals surface area contributed by atoms with E-state index in [1.165, 1.54) is 0 Å². The highest BCUT2D eigenvalue weighted by Gasteiger charge is 2.10. The van der Waals surface area contributed by atoms with Gasteiger partial charge in [-0.2, -0.15) is 15.0 Å². The van der Waals surface area contributed by atoms with E-state index in [1.54, 1.807) is 11.8 Å². The van der Waals surface area contributed by atoms with E-state index >= 15 is 0 Å². The van der Waals surface area contributed by atoms with Gasteiger partial charge in [0.1, 0.15) is 0 Å². The molecule has 1 heterocycles. The van der Waals surface area contributed by atoms with Crippen molar-refractivity contribution in [3.63, 3.8) is 0 Å². The Morgan fingerprint density at radius 2 is 1.76 bits per heavy atom. The van der Waals surface area contributed by atoms with E-state index in [0.29, 0.717) is 5.95 Å². The number of thioether (sulfide) groups is 1. The molecule has 6 heteroatoms. The van der Waals surface area contributed by atoms with Gasteiger partial charge in [-0.15, -0.1) is 0 Å². The van der Waals surface area contributed by atoms with Gasteiger partial charge in [-0.3, -0.25) is 0 Å². The van der Waals surface area contributed by atoms with E-state index in [4.69, 9.17) is 0 Å². The summed E-state index contributed by atoms with van der Waals surface area (Å²) in [7, 11) is 0. The fourth-order valence-corrected chi connectivity index (χ4v) is 1.98. The van der Waals surface area contributed by atoms with Gasteiger partial charge in [0.15, 0.2) is 5.16 Å². The van der Waals surface area contributed by atoms with Gasteiger partial charge in [0.2, 0.25) is 11.9 Å². The smallest absolute Gasteiger partial charge is 0.231 e. The Balaban J connectivity index is 3.01. The van der Waals surface area contributed by atoms with Crippen molar-refractivity contribution in [3.8, 4) is 0 Å². The molecule has 1 aromatic rings. The molecule has 0 saturated carbocycles. The van der Waals surface area contributed by atoms with Crippen LogP contribution in [0, 0.1) is 0 Å². The van der Waals surface area contributed by atoms with Crippen LogP contribution < -0.4 is 10.2 Å². The predicted octanol–water partition coefficient (Wildman–Crippen LogP) is 2.26. The first kappa shape index (κ1) is 14.0. The third-order valence-electron chi connectivity index (χ3n) is 2.26. The predicted molar refractivity (Wildman–Crippen MR) is 73.9 cm³/mol. The lowest BCUT2D eigenvalue weighted by molar-refractivity contribution is 0.783. The summed E-state index contributed by atoms with van der Waals surface area (Å²) in [6.07, 6.45) is 0. The van der Waals surface area contributed by atoms with Crippen LogP contribution in [0.2, 0.25) is 0 Å². The number of rotatable bonds is 7. The van der Waals surface area contributed by atoms with Gasteiger partial charge in [-0.05, 0) is 26.5 Å². The van der Waals surface area contributed by atoms with Crippen molar-refractivity contribution in [3.05, 3.63) is 0 Å². The second-order valence-corrected chi connectivity index (χ2v) is 4.61. The molecule has 0 aliphatic heterocycles. The molecule has 17 heavy (non-hydrogen) atoms. The molecule has 0 unspecified atom stereocenters. The molecule has 0 aliphatic carbocycles. The van der Waals surface area contributed by atoms with Gasteiger partial charge in [0, 0.05) is 19.6 Å². The largest absolute Gasteiger partial charge is 0.354 e. The molecule has 0 saturated heterocycles.